The van der Waals surface area contributed by atoms with Gasteiger partial charge in [0, 0.05) is 24.8 Å². The molecule has 14 heavy (non-hydrogen) atoms. The van der Waals surface area contributed by atoms with Crippen LogP contribution in [-0.4, -0.2) is 19.9 Å². The van der Waals surface area contributed by atoms with Crippen molar-refractivity contribution in [1.29, 1.82) is 0 Å². The summed E-state index contributed by atoms with van der Waals surface area (Å²) in [5.41, 5.74) is 0. The molecule has 0 aliphatic carbocycles. The molecule has 2 aromatic rings. The van der Waals surface area contributed by atoms with Crippen LogP contribution >= 0.6 is 27.7 Å². The maximum Gasteiger partial charge on any atom is 0.195 e. The standard InChI is InChI=1S/C8H5BrN4S/c9-6-4-12-8(13-5-6)14-7-10-2-1-3-11-7/h1-5H. The van der Waals surface area contributed by atoms with Crippen LogP contribution in [0.15, 0.2) is 45.6 Å². The Kier molecular flexibility index (Phi) is 3.05. The largest absolute Gasteiger partial charge is 0.231 e. The van der Waals surface area contributed by atoms with Gasteiger partial charge in [-0.05, 0) is 33.8 Å². The molecule has 2 heterocycles. The summed E-state index contributed by atoms with van der Waals surface area (Å²) in [6.07, 6.45) is 6.76. The van der Waals surface area contributed by atoms with Gasteiger partial charge < -0.3 is 0 Å². The number of halogens is 1. The number of rotatable bonds is 2. The highest BCUT2D eigenvalue weighted by atomic mass is 79.9. The lowest BCUT2D eigenvalue weighted by molar-refractivity contribution is 0.922. The zero-order chi connectivity index (χ0) is 9.80. The van der Waals surface area contributed by atoms with Gasteiger partial charge in [-0.15, -0.1) is 0 Å². The minimum absolute atomic E-state index is 0.638. The van der Waals surface area contributed by atoms with Crippen LogP contribution in [0.5, 0.6) is 0 Å². The molecule has 2 aromatic heterocycles. The smallest absolute Gasteiger partial charge is 0.195 e. The van der Waals surface area contributed by atoms with Crippen molar-refractivity contribution in [1.82, 2.24) is 19.9 Å². The van der Waals surface area contributed by atoms with Crippen LogP contribution in [0, 0.1) is 0 Å². The van der Waals surface area contributed by atoms with E-state index in [1.807, 2.05) is 0 Å². The predicted molar refractivity (Wildman–Crippen MR) is 55.9 cm³/mol. The first-order valence-corrected chi connectivity index (χ1v) is 5.38. The van der Waals surface area contributed by atoms with Crippen molar-refractivity contribution in [3.05, 3.63) is 35.3 Å². The second kappa shape index (κ2) is 4.47. The Labute approximate surface area is 93.4 Å². The summed E-state index contributed by atoms with van der Waals surface area (Å²) >= 11 is 4.60. The highest BCUT2D eigenvalue weighted by molar-refractivity contribution is 9.10. The van der Waals surface area contributed by atoms with Gasteiger partial charge in [-0.1, -0.05) is 0 Å². The van der Waals surface area contributed by atoms with Crippen LogP contribution in [0.1, 0.15) is 0 Å². The Morgan fingerprint density at radius 2 is 1.50 bits per heavy atom. The van der Waals surface area contributed by atoms with Crippen LogP contribution in [0.25, 0.3) is 0 Å². The molecule has 2 rings (SSSR count). The lowest BCUT2D eigenvalue weighted by Crippen LogP contribution is -1.88. The molecule has 0 radical (unpaired) electrons. The van der Waals surface area contributed by atoms with Gasteiger partial charge >= 0.3 is 0 Å². The SMILES string of the molecule is Brc1cnc(Sc2ncccn2)nc1. The molecule has 0 bridgehead atoms. The predicted octanol–water partition coefficient (Wildman–Crippen LogP) is 2.18. The molecule has 0 spiro atoms. The molecule has 0 fully saturated rings. The molecule has 0 aliphatic heterocycles. The fourth-order valence-electron chi connectivity index (χ4n) is 0.773. The first-order chi connectivity index (χ1) is 6.84. The molecule has 0 amide bonds. The van der Waals surface area contributed by atoms with E-state index in [1.54, 1.807) is 30.9 Å². The van der Waals surface area contributed by atoms with E-state index in [-0.39, 0.29) is 0 Å². The third kappa shape index (κ3) is 2.49. The average molecular weight is 269 g/mol. The molecule has 0 atom stereocenters. The molecule has 70 valence electrons. The van der Waals surface area contributed by atoms with Crippen molar-refractivity contribution < 1.29 is 0 Å². The van der Waals surface area contributed by atoms with Gasteiger partial charge in [-0.25, -0.2) is 19.9 Å². The lowest BCUT2D eigenvalue weighted by Gasteiger charge is -1.96. The number of aromatic nitrogens is 4. The van der Waals surface area contributed by atoms with E-state index < -0.39 is 0 Å². The zero-order valence-corrected chi connectivity index (χ0v) is 9.36. The molecular weight excluding hydrogens is 264 g/mol. The topological polar surface area (TPSA) is 51.6 Å². The second-order valence-electron chi connectivity index (χ2n) is 2.32. The number of hydrogen-bond acceptors (Lipinski definition) is 5. The maximum atomic E-state index is 4.10. The van der Waals surface area contributed by atoms with Crippen molar-refractivity contribution in [2.45, 2.75) is 10.3 Å². The van der Waals surface area contributed by atoms with Gasteiger partial charge in [0.1, 0.15) is 0 Å². The summed E-state index contributed by atoms with van der Waals surface area (Å²) in [6.45, 7) is 0. The van der Waals surface area contributed by atoms with Gasteiger partial charge in [-0.2, -0.15) is 0 Å². The molecule has 0 saturated heterocycles. The monoisotopic (exact) mass is 268 g/mol. The van der Waals surface area contributed by atoms with E-state index >= 15 is 0 Å². The molecule has 0 aromatic carbocycles. The lowest BCUT2D eigenvalue weighted by atomic mass is 10.7. The van der Waals surface area contributed by atoms with E-state index in [0.29, 0.717) is 10.3 Å². The van der Waals surface area contributed by atoms with Gasteiger partial charge in [0.05, 0.1) is 4.47 Å². The van der Waals surface area contributed by atoms with E-state index in [1.165, 1.54) is 11.8 Å². The van der Waals surface area contributed by atoms with Crippen LogP contribution in [0.3, 0.4) is 0 Å². The Bertz CT molecular complexity index is 405. The van der Waals surface area contributed by atoms with E-state index in [0.717, 1.165) is 4.47 Å². The molecule has 0 saturated carbocycles. The Morgan fingerprint density at radius 1 is 0.929 bits per heavy atom. The van der Waals surface area contributed by atoms with Gasteiger partial charge in [0.15, 0.2) is 10.3 Å². The molecular formula is C8H5BrN4S. The Hall–Kier alpha value is -1.01. The molecule has 6 heteroatoms. The van der Waals surface area contributed by atoms with Crippen molar-refractivity contribution >= 4 is 27.7 Å². The summed E-state index contributed by atoms with van der Waals surface area (Å²) in [4.78, 5) is 16.3. The van der Waals surface area contributed by atoms with Crippen molar-refractivity contribution in [2.75, 3.05) is 0 Å². The fourth-order valence-corrected chi connectivity index (χ4v) is 1.58. The fraction of sp³-hybridized carbons (Fsp3) is 0. The highest BCUT2D eigenvalue weighted by Crippen LogP contribution is 2.19. The van der Waals surface area contributed by atoms with Crippen molar-refractivity contribution in [3.8, 4) is 0 Å². The third-order valence-electron chi connectivity index (χ3n) is 1.32. The van der Waals surface area contributed by atoms with Crippen LogP contribution in [-0.2, 0) is 0 Å². The quantitative estimate of drug-likeness (QED) is 0.782. The van der Waals surface area contributed by atoms with Crippen LogP contribution in [0.2, 0.25) is 0 Å². The molecule has 0 aliphatic rings. The second-order valence-corrected chi connectivity index (χ2v) is 4.17. The highest BCUT2D eigenvalue weighted by Gasteiger charge is 2.01. The zero-order valence-electron chi connectivity index (χ0n) is 6.96. The van der Waals surface area contributed by atoms with Crippen LogP contribution < -0.4 is 0 Å². The van der Waals surface area contributed by atoms with Crippen LogP contribution in [0.4, 0.5) is 0 Å². The Morgan fingerprint density at radius 3 is 2.14 bits per heavy atom. The van der Waals surface area contributed by atoms with Crippen molar-refractivity contribution in [2.24, 2.45) is 0 Å². The minimum Gasteiger partial charge on any atom is -0.231 e. The first-order valence-electron chi connectivity index (χ1n) is 3.77. The van der Waals surface area contributed by atoms with E-state index in [4.69, 9.17) is 0 Å². The average Bonchev–Trinajstić information content (AvgIpc) is 2.23. The summed E-state index contributed by atoms with van der Waals surface area (Å²) in [7, 11) is 0. The van der Waals surface area contributed by atoms with E-state index in [2.05, 4.69) is 35.9 Å². The first kappa shape index (κ1) is 9.54. The third-order valence-corrected chi connectivity index (χ3v) is 2.52. The van der Waals surface area contributed by atoms with Crippen molar-refractivity contribution in [3.63, 3.8) is 0 Å². The molecule has 4 nitrogen and oxygen atoms in total. The van der Waals surface area contributed by atoms with Gasteiger partial charge in [0.25, 0.3) is 0 Å². The van der Waals surface area contributed by atoms with Gasteiger partial charge in [-0.3, -0.25) is 0 Å². The molecule has 0 N–H and O–H groups in total. The van der Waals surface area contributed by atoms with E-state index in [9.17, 15) is 0 Å². The number of hydrogen-bond donors (Lipinski definition) is 0. The Balaban J connectivity index is 2.16. The molecule has 0 unspecified atom stereocenters. The minimum atomic E-state index is 0.638. The normalized spacial score (nSPS) is 10.1. The number of nitrogens with zero attached hydrogens (tertiary/aromatic N) is 4. The summed E-state index contributed by atoms with van der Waals surface area (Å²) < 4.78 is 0.857. The maximum absolute atomic E-state index is 4.10. The summed E-state index contributed by atoms with van der Waals surface area (Å²) in [5.74, 6) is 0. The van der Waals surface area contributed by atoms with Gasteiger partial charge in [0.2, 0.25) is 0 Å². The summed E-state index contributed by atoms with van der Waals surface area (Å²) in [5, 5.41) is 1.29. The summed E-state index contributed by atoms with van der Waals surface area (Å²) in [6, 6.07) is 1.77.